The Hall–Kier alpha value is -2.02. The lowest BCUT2D eigenvalue weighted by molar-refractivity contribution is -0.140. The van der Waals surface area contributed by atoms with Gasteiger partial charge in [0, 0.05) is 48.9 Å². The van der Waals surface area contributed by atoms with E-state index in [9.17, 15) is 22.8 Å². The SMILES string of the molecule is Cc1cc(S(=O)(=O)N2CCN(CCC(=O)NN3C(=O)NC4(CCCCC4)C3=O)CC2)c(C)s1. The number of amides is 4. The zero-order valence-electron chi connectivity index (χ0n) is 19.1. The summed E-state index contributed by atoms with van der Waals surface area (Å²) >= 11 is 1.48. The van der Waals surface area contributed by atoms with Gasteiger partial charge in [0.15, 0.2) is 0 Å². The summed E-state index contributed by atoms with van der Waals surface area (Å²) < 4.78 is 27.4. The van der Waals surface area contributed by atoms with Gasteiger partial charge in [-0.05, 0) is 32.8 Å². The predicted molar refractivity (Wildman–Crippen MR) is 123 cm³/mol. The third kappa shape index (κ3) is 4.79. The summed E-state index contributed by atoms with van der Waals surface area (Å²) in [7, 11) is -3.52. The highest BCUT2D eigenvalue weighted by Crippen LogP contribution is 2.33. The van der Waals surface area contributed by atoms with Crippen molar-refractivity contribution in [2.24, 2.45) is 0 Å². The number of piperazine rings is 1. The van der Waals surface area contributed by atoms with E-state index in [0.29, 0.717) is 50.5 Å². The average molecular weight is 498 g/mol. The van der Waals surface area contributed by atoms with Gasteiger partial charge in [-0.25, -0.2) is 13.2 Å². The molecule has 1 aromatic rings. The molecular formula is C21H31N5O5S2. The van der Waals surface area contributed by atoms with E-state index in [1.165, 1.54) is 15.6 Å². The van der Waals surface area contributed by atoms with Gasteiger partial charge in [0.1, 0.15) is 5.54 Å². The highest BCUT2D eigenvalue weighted by Gasteiger charge is 2.52. The molecule has 0 unspecified atom stereocenters. The van der Waals surface area contributed by atoms with Gasteiger partial charge >= 0.3 is 6.03 Å². The molecule has 1 spiro atoms. The fraction of sp³-hybridized carbons (Fsp3) is 0.667. The number of carbonyl (C=O) groups is 3. The number of imide groups is 1. The second kappa shape index (κ2) is 9.32. The van der Waals surface area contributed by atoms with Crippen LogP contribution in [-0.2, 0) is 19.6 Å². The van der Waals surface area contributed by atoms with Crippen LogP contribution in [0.2, 0.25) is 0 Å². The van der Waals surface area contributed by atoms with Gasteiger partial charge in [0.05, 0.1) is 4.90 Å². The molecule has 3 heterocycles. The first-order valence-electron chi connectivity index (χ1n) is 11.4. The lowest BCUT2D eigenvalue weighted by Gasteiger charge is -2.33. The van der Waals surface area contributed by atoms with E-state index >= 15 is 0 Å². The van der Waals surface area contributed by atoms with Crippen LogP contribution in [0, 0.1) is 13.8 Å². The first-order valence-corrected chi connectivity index (χ1v) is 13.6. The maximum absolute atomic E-state index is 13.0. The van der Waals surface area contributed by atoms with E-state index < -0.39 is 27.5 Å². The molecule has 0 atom stereocenters. The molecule has 0 bridgehead atoms. The van der Waals surface area contributed by atoms with Gasteiger partial charge in [-0.3, -0.25) is 15.0 Å². The molecular weight excluding hydrogens is 466 g/mol. The number of rotatable bonds is 6. The Labute approximate surface area is 198 Å². The lowest BCUT2D eigenvalue weighted by Crippen LogP contribution is -2.52. The number of urea groups is 1. The number of thiophene rings is 1. The minimum atomic E-state index is -3.52. The summed E-state index contributed by atoms with van der Waals surface area (Å²) in [6.07, 6.45) is 4.10. The monoisotopic (exact) mass is 497 g/mol. The Balaban J connectivity index is 1.25. The largest absolute Gasteiger partial charge is 0.344 e. The van der Waals surface area contributed by atoms with E-state index in [1.807, 2.05) is 18.7 Å². The number of hydrogen-bond acceptors (Lipinski definition) is 7. The van der Waals surface area contributed by atoms with E-state index in [4.69, 9.17) is 0 Å². The van der Waals surface area contributed by atoms with Crippen molar-refractivity contribution in [3.05, 3.63) is 15.8 Å². The Morgan fingerprint density at radius 3 is 2.39 bits per heavy atom. The van der Waals surface area contributed by atoms with E-state index in [-0.39, 0.29) is 12.3 Å². The van der Waals surface area contributed by atoms with Crippen molar-refractivity contribution in [1.82, 2.24) is 25.0 Å². The highest BCUT2D eigenvalue weighted by atomic mass is 32.2. The molecule has 2 aliphatic heterocycles. The highest BCUT2D eigenvalue weighted by molar-refractivity contribution is 7.89. The molecule has 1 aromatic heterocycles. The van der Waals surface area contributed by atoms with Crippen molar-refractivity contribution >= 4 is 39.2 Å². The topological polar surface area (TPSA) is 119 Å². The van der Waals surface area contributed by atoms with Gasteiger partial charge in [-0.15, -0.1) is 11.3 Å². The standard InChI is InChI=1S/C21H31N5O5S2/c1-15-14-17(16(2)32-15)33(30,31)25-12-10-24(11-13-25)9-6-18(27)23-26-19(28)21(22-20(26)29)7-4-3-5-8-21/h14H,3-13H2,1-2H3,(H,22,29)(H,23,27). The Morgan fingerprint density at radius 2 is 1.79 bits per heavy atom. The van der Waals surface area contributed by atoms with Crippen LogP contribution in [0.15, 0.2) is 11.0 Å². The molecule has 4 rings (SSSR count). The average Bonchev–Trinajstić information content (AvgIpc) is 3.24. The molecule has 0 aromatic carbocycles. The summed E-state index contributed by atoms with van der Waals surface area (Å²) in [5.74, 6) is -0.788. The first kappa shape index (κ1) is 24.1. The van der Waals surface area contributed by atoms with Crippen molar-refractivity contribution in [3.8, 4) is 0 Å². The molecule has 0 radical (unpaired) electrons. The van der Waals surface area contributed by atoms with Gasteiger partial charge < -0.3 is 10.2 Å². The third-order valence-corrected chi connectivity index (χ3v) is 9.82. The fourth-order valence-corrected chi connectivity index (χ4v) is 7.80. The Kier molecular flexibility index (Phi) is 6.81. The molecule has 2 N–H and O–H groups in total. The maximum atomic E-state index is 13.0. The molecule has 3 aliphatic rings. The zero-order chi connectivity index (χ0) is 23.8. The lowest BCUT2D eigenvalue weighted by atomic mass is 9.82. The molecule has 33 heavy (non-hydrogen) atoms. The molecule has 2 saturated heterocycles. The number of hydrogen-bond donors (Lipinski definition) is 2. The summed E-state index contributed by atoms with van der Waals surface area (Å²) in [6, 6.07) is 1.15. The van der Waals surface area contributed by atoms with Crippen LogP contribution in [0.1, 0.15) is 48.3 Å². The summed E-state index contributed by atoms with van der Waals surface area (Å²) in [4.78, 5) is 41.6. The van der Waals surface area contributed by atoms with Crippen molar-refractivity contribution < 1.29 is 22.8 Å². The molecule has 10 nitrogen and oxygen atoms in total. The van der Waals surface area contributed by atoms with E-state index in [0.717, 1.165) is 34.0 Å². The summed E-state index contributed by atoms with van der Waals surface area (Å²) in [5.41, 5.74) is 1.58. The molecule has 182 valence electrons. The molecule has 1 aliphatic carbocycles. The van der Waals surface area contributed by atoms with Gasteiger partial charge in [0.2, 0.25) is 15.9 Å². The number of carbonyl (C=O) groups excluding carboxylic acids is 3. The maximum Gasteiger partial charge on any atom is 0.344 e. The minimum absolute atomic E-state index is 0.111. The van der Waals surface area contributed by atoms with Crippen molar-refractivity contribution in [3.63, 3.8) is 0 Å². The zero-order valence-corrected chi connectivity index (χ0v) is 20.7. The summed E-state index contributed by atoms with van der Waals surface area (Å²) in [5, 5.41) is 3.59. The Morgan fingerprint density at radius 1 is 1.12 bits per heavy atom. The van der Waals surface area contributed by atoms with Crippen LogP contribution in [-0.4, -0.2) is 78.7 Å². The van der Waals surface area contributed by atoms with E-state index in [1.54, 1.807) is 6.07 Å². The van der Waals surface area contributed by atoms with Crippen LogP contribution in [0.25, 0.3) is 0 Å². The molecule has 4 amide bonds. The molecule has 1 saturated carbocycles. The van der Waals surface area contributed by atoms with Gasteiger partial charge in [-0.2, -0.15) is 9.31 Å². The van der Waals surface area contributed by atoms with Gasteiger partial charge in [-0.1, -0.05) is 19.3 Å². The predicted octanol–water partition coefficient (Wildman–Crippen LogP) is 1.35. The first-order chi connectivity index (χ1) is 15.6. The van der Waals surface area contributed by atoms with Crippen LogP contribution >= 0.6 is 11.3 Å². The number of nitrogens with zero attached hydrogens (tertiary/aromatic N) is 3. The minimum Gasteiger partial charge on any atom is -0.322 e. The van der Waals surface area contributed by atoms with Crippen molar-refractivity contribution in [2.75, 3.05) is 32.7 Å². The normalized spacial score (nSPS) is 22.1. The number of nitrogens with one attached hydrogen (secondary N) is 2. The second-order valence-corrected chi connectivity index (χ2v) is 12.4. The summed E-state index contributed by atoms with van der Waals surface area (Å²) in [6.45, 7) is 5.88. The van der Waals surface area contributed by atoms with Gasteiger partial charge in [0.25, 0.3) is 5.91 Å². The van der Waals surface area contributed by atoms with Crippen LogP contribution in [0.5, 0.6) is 0 Å². The molecule has 3 fully saturated rings. The number of sulfonamides is 1. The second-order valence-electron chi connectivity index (χ2n) is 9.02. The van der Waals surface area contributed by atoms with Crippen LogP contribution in [0.4, 0.5) is 4.79 Å². The number of hydrazine groups is 1. The van der Waals surface area contributed by atoms with E-state index in [2.05, 4.69) is 10.7 Å². The van der Waals surface area contributed by atoms with Crippen LogP contribution in [0.3, 0.4) is 0 Å². The smallest absolute Gasteiger partial charge is 0.322 e. The van der Waals surface area contributed by atoms with Crippen molar-refractivity contribution in [2.45, 2.75) is 62.8 Å². The number of aryl methyl sites for hydroxylation is 2. The van der Waals surface area contributed by atoms with Crippen molar-refractivity contribution in [1.29, 1.82) is 0 Å². The fourth-order valence-electron chi connectivity index (χ4n) is 4.85. The van der Waals surface area contributed by atoms with Crippen LogP contribution < -0.4 is 10.7 Å². The third-order valence-electron chi connectivity index (χ3n) is 6.70. The Bertz CT molecular complexity index is 1040. The molecule has 12 heteroatoms. The quantitative estimate of drug-likeness (QED) is 0.573.